The molecule has 12 heavy (non-hydrogen) atoms. The van der Waals surface area contributed by atoms with Gasteiger partial charge in [-0.1, -0.05) is 30.9 Å². The number of carboxylic acids is 1. The van der Waals surface area contributed by atoms with E-state index in [0.29, 0.717) is 0 Å². The Morgan fingerprint density at radius 2 is 2.25 bits per heavy atom. The topological polar surface area (TPSA) is 57.5 Å². The zero-order chi connectivity index (χ0) is 9.19. The van der Waals surface area contributed by atoms with Crippen molar-refractivity contribution < 1.29 is 15.0 Å². The lowest BCUT2D eigenvalue weighted by atomic mass is 9.84. The van der Waals surface area contributed by atoms with E-state index in [2.05, 4.69) is 6.58 Å². The summed E-state index contributed by atoms with van der Waals surface area (Å²) >= 11 is 0. The van der Waals surface area contributed by atoms with Crippen molar-refractivity contribution in [3.8, 4) is 0 Å². The van der Waals surface area contributed by atoms with Crippen molar-refractivity contribution in [1.29, 1.82) is 0 Å². The normalized spacial score (nSPS) is 33.2. The Morgan fingerprint density at radius 1 is 1.58 bits per heavy atom. The van der Waals surface area contributed by atoms with E-state index < -0.39 is 17.5 Å². The monoisotopic (exact) mass is 166 g/mol. The maximum Gasteiger partial charge on any atom is 0.314 e. The van der Waals surface area contributed by atoms with Gasteiger partial charge in [-0.05, 0) is 6.08 Å². The van der Waals surface area contributed by atoms with Crippen molar-refractivity contribution in [3.05, 3.63) is 37.0 Å². The van der Waals surface area contributed by atoms with E-state index in [9.17, 15) is 9.90 Å². The van der Waals surface area contributed by atoms with Crippen LogP contribution < -0.4 is 0 Å². The minimum atomic E-state index is -1.44. The Balaban J connectivity index is 2.99. The van der Waals surface area contributed by atoms with E-state index in [4.69, 9.17) is 5.11 Å². The number of hydrogen-bond acceptors (Lipinski definition) is 2. The highest BCUT2D eigenvalue weighted by Gasteiger charge is 2.36. The van der Waals surface area contributed by atoms with Gasteiger partial charge in [-0.15, -0.1) is 0 Å². The predicted octanol–water partition coefficient (Wildman–Crippen LogP) is 0.730. The van der Waals surface area contributed by atoms with Crippen LogP contribution in [0.2, 0.25) is 0 Å². The molecule has 0 heterocycles. The summed E-state index contributed by atoms with van der Waals surface area (Å²) in [6, 6.07) is 0. The van der Waals surface area contributed by atoms with Crippen LogP contribution in [0, 0.1) is 5.92 Å². The number of carbonyl (C=O) groups is 1. The third-order valence-electron chi connectivity index (χ3n) is 1.87. The first kappa shape index (κ1) is 8.74. The molecule has 1 rings (SSSR count). The SMILES string of the molecule is C=CC1(O)C=CC=CC1C(=O)O. The van der Waals surface area contributed by atoms with Gasteiger partial charge in [0.1, 0.15) is 11.5 Å². The zero-order valence-corrected chi connectivity index (χ0v) is 6.47. The molecule has 0 radical (unpaired) electrons. The van der Waals surface area contributed by atoms with Crippen LogP contribution >= 0.6 is 0 Å². The molecular weight excluding hydrogens is 156 g/mol. The first-order valence-electron chi connectivity index (χ1n) is 3.55. The molecule has 0 bridgehead atoms. The number of aliphatic carboxylic acids is 1. The largest absolute Gasteiger partial charge is 0.481 e. The summed E-state index contributed by atoms with van der Waals surface area (Å²) in [6.07, 6.45) is 7.27. The predicted molar refractivity (Wildman–Crippen MR) is 44.6 cm³/mol. The van der Waals surface area contributed by atoms with Crippen molar-refractivity contribution in [2.24, 2.45) is 5.92 Å². The smallest absolute Gasteiger partial charge is 0.314 e. The molecule has 0 aromatic heterocycles. The van der Waals surface area contributed by atoms with Gasteiger partial charge in [0.05, 0.1) is 0 Å². The maximum atomic E-state index is 10.6. The lowest BCUT2D eigenvalue weighted by Crippen LogP contribution is -2.38. The van der Waals surface area contributed by atoms with E-state index in [1.165, 1.54) is 18.2 Å². The molecule has 0 aromatic rings. The molecular formula is C9H10O3. The van der Waals surface area contributed by atoms with Crippen LogP contribution in [0.4, 0.5) is 0 Å². The fourth-order valence-corrected chi connectivity index (χ4v) is 1.12. The third kappa shape index (κ3) is 1.31. The molecule has 3 heteroatoms. The molecule has 2 atom stereocenters. The molecule has 64 valence electrons. The van der Waals surface area contributed by atoms with Gasteiger partial charge in [0.2, 0.25) is 0 Å². The minimum Gasteiger partial charge on any atom is -0.481 e. The van der Waals surface area contributed by atoms with Crippen molar-refractivity contribution in [1.82, 2.24) is 0 Å². The Kier molecular flexibility index (Phi) is 2.15. The molecule has 0 aliphatic heterocycles. The average Bonchev–Trinajstić information content (AvgIpc) is 2.05. The van der Waals surface area contributed by atoms with Crippen molar-refractivity contribution in [2.45, 2.75) is 5.60 Å². The minimum absolute atomic E-state index is 0.931. The average molecular weight is 166 g/mol. The summed E-state index contributed by atoms with van der Waals surface area (Å²) in [4.78, 5) is 10.6. The number of hydrogen-bond donors (Lipinski definition) is 2. The summed E-state index contributed by atoms with van der Waals surface area (Å²) in [5.41, 5.74) is -1.44. The zero-order valence-electron chi connectivity index (χ0n) is 6.47. The molecule has 0 spiro atoms. The molecule has 3 nitrogen and oxygen atoms in total. The van der Waals surface area contributed by atoms with Gasteiger partial charge in [0.25, 0.3) is 0 Å². The van der Waals surface area contributed by atoms with Gasteiger partial charge in [-0.3, -0.25) is 4.79 Å². The van der Waals surface area contributed by atoms with Crippen molar-refractivity contribution >= 4 is 5.97 Å². The summed E-state index contributed by atoms with van der Waals surface area (Å²) < 4.78 is 0. The molecule has 0 saturated heterocycles. The highest BCUT2D eigenvalue weighted by Crippen LogP contribution is 2.25. The number of allylic oxidation sites excluding steroid dienone is 2. The van der Waals surface area contributed by atoms with Crippen molar-refractivity contribution in [2.75, 3.05) is 0 Å². The highest BCUT2D eigenvalue weighted by molar-refractivity contribution is 5.75. The second-order valence-corrected chi connectivity index (χ2v) is 2.65. The van der Waals surface area contributed by atoms with E-state index >= 15 is 0 Å². The molecule has 0 aromatic carbocycles. The van der Waals surface area contributed by atoms with E-state index in [0.717, 1.165) is 0 Å². The van der Waals surface area contributed by atoms with Gasteiger partial charge < -0.3 is 10.2 Å². The van der Waals surface area contributed by atoms with Crippen LogP contribution in [0.3, 0.4) is 0 Å². The van der Waals surface area contributed by atoms with Crippen LogP contribution in [0.5, 0.6) is 0 Å². The van der Waals surface area contributed by atoms with Crippen LogP contribution in [0.25, 0.3) is 0 Å². The van der Waals surface area contributed by atoms with Crippen LogP contribution in [-0.2, 0) is 4.79 Å². The molecule has 0 saturated carbocycles. The number of aliphatic hydroxyl groups is 1. The quantitative estimate of drug-likeness (QED) is 0.594. The second-order valence-electron chi connectivity index (χ2n) is 2.65. The molecule has 1 aliphatic rings. The molecule has 0 fully saturated rings. The molecule has 2 N–H and O–H groups in total. The van der Waals surface area contributed by atoms with Crippen molar-refractivity contribution in [3.63, 3.8) is 0 Å². The highest BCUT2D eigenvalue weighted by atomic mass is 16.4. The second kappa shape index (κ2) is 2.95. The summed E-state index contributed by atoms with van der Waals surface area (Å²) in [5.74, 6) is -1.99. The van der Waals surface area contributed by atoms with Gasteiger partial charge >= 0.3 is 5.97 Å². The maximum absolute atomic E-state index is 10.6. The van der Waals surface area contributed by atoms with Gasteiger partial charge in [0, 0.05) is 0 Å². The van der Waals surface area contributed by atoms with E-state index in [1.54, 1.807) is 12.2 Å². The summed E-state index contributed by atoms with van der Waals surface area (Å²) in [6.45, 7) is 3.39. The van der Waals surface area contributed by atoms with Gasteiger partial charge in [-0.25, -0.2) is 0 Å². The van der Waals surface area contributed by atoms with Crippen LogP contribution in [0.1, 0.15) is 0 Å². The Bertz CT molecular complexity index is 265. The fourth-order valence-electron chi connectivity index (χ4n) is 1.12. The Labute approximate surface area is 70.3 Å². The lowest BCUT2D eigenvalue weighted by Gasteiger charge is -2.27. The van der Waals surface area contributed by atoms with Crippen LogP contribution in [-0.4, -0.2) is 21.8 Å². The third-order valence-corrected chi connectivity index (χ3v) is 1.87. The van der Waals surface area contributed by atoms with Gasteiger partial charge in [-0.2, -0.15) is 0 Å². The Morgan fingerprint density at radius 3 is 2.67 bits per heavy atom. The standard InChI is InChI=1S/C9H10O3/c1-2-9(12)6-4-3-5-7(9)8(10)11/h2-7,12H,1H2,(H,10,11). The molecule has 2 unspecified atom stereocenters. The summed E-state index contributed by atoms with van der Waals surface area (Å²) in [5, 5.41) is 18.4. The van der Waals surface area contributed by atoms with E-state index in [1.807, 2.05) is 0 Å². The van der Waals surface area contributed by atoms with Gasteiger partial charge in [0.15, 0.2) is 0 Å². The lowest BCUT2D eigenvalue weighted by molar-refractivity contribution is -0.144. The molecule has 1 aliphatic carbocycles. The number of rotatable bonds is 2. The van der Waals surface area contributed by atoms with Crippen LogP contribution in [0.15, 0.2) is 37.0 Å². The molecule has 0 amide bonds. The first-order valence-corrected chi connectivity index (χ1v) is 3.55. The fraction of sp³-hybridized carbons (Fsp3) is 0.222. The summed E-state index contributed by atoms with van der Waals surface area (Å²) in [7, 11) is 0. The Hall–Kier alpha value is -1.35. The number of carboxylic acid groups (broad SMARTS) is 1. The van der Waals surface area contributed by atoms with E-state index in [-0.39, 0.29) is 0 Å². The first-order chi connectivity index (χ1) is 5.60.